The molecule has 5 nitrogen and oxygen atoms in total. The van der Waals surface area contributed by atoms with E-state index >= 15 is 0 Å². The quantitative estimate of drug-likeness (QED) is 0.516. The standard InChI is InChI=1S/C7H14N2O3/c1-3(4(2)6(9)10)5(8)7(11)12/h3-5H,8H2,1-2H3,(H2,9,10)(H,11,12)/t3?,4?,5-/m1/s1. The van der Waals surface area contributed by atoms with Gasteiger partial charge < -0.3 is 16.6 Å². The van der Waals surface area contributed by atoms with E-state index in [0.29, 0.717) is 0 Å². The van der Waals surface area contributed by atoms with Crippen molar-refractivity contribution in [2.75, 3.05) is 0 Å². The molecule has 0 rings (SSSR count). The summed E-state index contributed by atoms with van der Waals surface area (Å²) in [4.78, 5) is 21.0. The first-order valence-electron chi connectivity index (χ1n) is 3.65. The van der Waals surface area contributed by atoms with Crippen LogP contribution in [0, 0.1) is 11.8 Å². The van der Waals surface area contributed by atoms with E-state index in [0.717, 1.165) is 0 Å². The molecule has 0 aromatic carbocycles. The second kappa shape index (κ2) is 4.06. The lowest BCUT2D eigenvalue weighted by molar-refractivity contribution is -0.140. The van der Waals surface area contributed by atoms with Crippen LogP contribution in [0.3, 0.4) is 0 Å². The summed E-state index contributed by atoms with van der Waals surface area (Å²) in [6, 6.07) is -1.03. The number of amides is 1. The smallest absolute Gasteiger partial charge is 0.320 e. The van der Waals surface area contributed by atoms with Crippen LogP contribution in [0.15, 0.2) is 0 Å². The fourth-order valence-electron chi connectivity index (χ4n) is 0.795. The van der Waals surface area contributed by atoms with Crippen LogP contribution in [-0.2, 0) is 9.59 Å². The van der Waals surface area contributed by atoms with Crippen LogP contribution < -0.4 is 11.5 Å². The summed E-state index contributed by atoms with van der Waals surface area (Å²) in [5, 5.41) is 8.51. The van der Waals surface area contributed by atoms with Crippen LogP contribution >= 0.6 is 0 Å². The van der Waals surface area contributed by atoms with E-state index in [1.807, 2.05) is 0 Å². The molecule has 0 saturated heterocycles. The van der Waals surface area contributed by atoms with Gasteiger partial charge in [0.2, 0.25) is 5.91 Å². The summed E-state index contributed by atoms with van der Waals surface area (Å²) in [6.07, 6.45) is 0. The molecule has 0 radical (unpaired) electrons. The van der Waals surface area contributed by atoms with Crippen molar-refractivity contribution < 1.29 is 14.7 Å². The molecule has 5 heteroatoms. The van der Waals surface area contributed by atoms with Gasteiger partial charge in [0, 0.05) is 5.92 Å². The lowest BCUT2D eigenvalue weighted by Crippen LogP contribution is -2.42. The van der Waals surface area contributed by atoms with Gasteiger partial charge in [0.1, 0.15) is 6.04 Å². The summed E-state index contributed by atoms with van der Waals surface area (Å²) in [6.45, 7) is 3.16. The fourth-order valence-corrected chi connectivity index (χ4v) is 0.795. The Morgan fingerprint density at radius 1 is 1.33 bits per heavy atom. The van der Waals surface area contributed by atoms with Gasteiger partial charge in [-0.3, -0.25) is 9.59 Å². The first-order chi connectivity index (χ1) is 5.37. The third-order valence-corrected chi connectivity index (χ3v) is 2.09. The first kappa shape index (κ1) is 10.9. The Morgan fingerprint density at radius 3 is 2.00 bits per heavy atom. The molecule has 0 aromatic rings. The molecule has 0 bridgehead atoms. The monoisotopic (exact) mass is 174 g/mol. The van der Waals surface area contributed by atoms with E-state index in [2.05, 4.69) is 0 Å². The van der Waals surface area contributed by atoms with Crippen molar-refractivity contribution in [2.45, 2.75) is 19.9 Å². The van der Waals surface area contributed by atoms with E-state index < -0.39 is 29.8 Å². The predicted molar refractivity (Wildman–Crippen MR) is 43.1 cm³/mol. The third-order valence-electron chi connectivity index (χ3n) is 2.09. The molecular weight excluding hydrogens is 160 g/mol. The summed E-state index contributed by atoms with van der Waals surface area (Å²) < 4.78 is 0. The Hall–Kier alpha value is -1.10. The normalized spacial score (nSPS) is 17.9. The van der Waals surface area contributed by atoms with Gasteiger partial charge in [0.25, 0.3) is 0 Å². The number of carboxylic acid groups (broad SMARTS) is 1. The number of nitrogens with two attached hydrogens (primary N) is 2. The van der Waals surface area contributed by atoms with Crippen LogP contribution in [0.25, 0.3) is 0 Å². The maximum Gasteiger partial charge on any atom is 0.320 e. The molecule has 5 N–H and O–H groups in total. The van der Waals surface area contributed by atoms with Gasteiger partial charge in [-0.15, -0.1) is 0 Å². The number of carbonyl (C=O) groups is 2. The predicted octanol–water partition coefficient (Wildman–Crippen LogP) is -0.844. The number of rotatable bonds is 4. The summed E-state index contributed by atoms with van der Waals surface area (Å²) >= 11 is 0. The van der Waals surface area contributed by atoms with Crippen molar-refractivity contribution >= 4 is 11.9 Å². The van der Waals surface area contributed by atoms with Crippen LogP contribution in [0.1, 0.15) is 13.8 Å². The molecule has 70 valence electrons. The minimum absolute atomic E-state index is 0.444. The number of aliphatic carboxylic acids is 1. The number of carboxylic acids is 1. The van der Waals surface area contributed by atoms with Gasteiger partial charge in [0.15, 0.2) is 0 Å². The van der Waals surface area contributed by atoms with Crippen molar-refractivity contribution in [1.29, 1.82) is 0 Å². The molecular formula is C7H14N2O3. The maximum absolute atomic E-state index is 10.6. The average Bonchev–Trinajstić information content (AvgIpc) is 2.00. The molecule has 0 heterocycles. The Morgan fingerprint density at radius 2 is 1.75 bits per heavy atom. The largest absolute Gasteiger partial charge is 0.480 e. The summed E-state index contributed by atoms with van der Waals surface area (Å²) in [7, 11) is 0. The number of hydrogen-bond donors (Lipinski definition) is 3. The van der Waals surface area contributed by atoms with Crippen LogP contribution in [0.5, 0.6) is 0 Å². The highest BCUT2D eigenvalue weighted by Gasteiger charge is 2.27. The first-order valence-corrected chi connectivity index (χ1v) is 3.65. The minimum Gasteiger partial charge on any atom is -0.480 e. The molecule has 0 fully saturated rings. The zero-order valence-electron chi connectivity index (χ0n) is 7.15. The Balaban J connectivity index is 4.28. The second-order valence-electron chi connectivity index (χ2n) is 2.91. The Bertz CT molecular complexity index is 173. The molecule has 0 spiro atoms. The minimum atomic E-state index is -1.12. The molecule has 0 aliphatic carbocycles. The average molecular weight is 174 g/mol. The van der Waals surface area contributed by atoms with Crippen LogP contribution in [-0.4, -0.2) is 23.0 Å². The highest BCUT2D eigenvalue weighted by Crippen LogP contribution is 2.13. The second-order valence-corrected chi connectivity index (χ2v) is 2.91. The third kappa shape index (κ3) is 2.50. The fraction of sp³-hybridized carbons (Fsp3) is 0.714. The van der Waals surface area contributed by atoms with E-state index in [1.54, 1.807) is 13.8 Å². The van der Waals surface area contributed by atoms with Crippen molar-refractivity contribution in [3.63, 3.8) is 0 Å². The lowest BCUT2D eigenvalue weighted by Gasteiger charge is -2.20. The zero-order valence-corrected chi connectivity index (χ0v) is 7.15. The van der Waals surface area contributed by atoms with Crippen molar-refractivity contribution in [2.24, 2.45) is 23.3 Å². The van der Waals surface area contributed by atoms with Crippen molar-refractivity contribution in [3.05, 3.63) is 0 Å². The highest BCUT2D eigenvalue weighted by molar-refractivity contribution is 5.79. The lowest BCUT2D eigenvalue weighted by atomic mass is 9.89. The molecule has 0 aliphatic rings. The Kier molecular flexibility index (Phi) is 3.69. The van der Waals surface area contributed by atoms with Crippen molar-refractivity contribution in [3.8, 4) is 0 Å². The van der Waals surface area contributed by atoms with E-state index in [4.69, 9.17) is 16.6 Å². The topological polar surface area (TPSA) is 106 Å². The van der Waals surface area contributed by atoms with Crippen LogP contribution in [0.2, 0.25) is 0 Å². The molecule has 0 saturated carbocycles. The number of primary amides is 1. The Labute approximate surface area is 70.7 Å². The SMILES string of the molecule is CC(C(N)=O)C(C)[C@@H](N)C(=O)O. The summed E-state index contributed by atoms with van der Waals surface area (Å²) in [5.41, 5.74) is 10.3. The van der Waals surface area contributed by atoms with Gasteiger partial charge in [-0.1, -0.05) is 13.8 Å². The van der Waals surface area contributed by atoms with Gasteiger partial charge in [0.05, 0.1) is 0 Å². The molecule has 1 amide bonds. The summed E-state index contributed by atoms with van der Waals surface area (Å²) in [5.74, 6) is -2.61. The molecule has 3 atom stereocenters. The molecule has 0 aliphatic heterocycles. The van der Waals surface area contributed by atoms with Crippen molar-refractivity contribution in [1.82, 2.24) is 0 Å². The molecule has 0 aromatic heterocycles. The zero-order chi connectivity index (χ0) is 9.89. The molecule has 2 unspecified atom stereocenters. The molecule has 12 heavy (non-hydrogen) atoms. The number of hydrogen-bond acceptors (Lipinski definition) is 3. The highest BCUT2D eigenvalue weighted by atomic mass is 16.4. The van der Waals surface area contributed by atoms with Gasteiger partial charge >= 0.3 is 5.97 Å². The van der Waals surface area contributed by atoms with E-state index in [9.17, 15) is 9.59 Å². The van der Waals surface area contributed by atoms with E-state index in [-0.39, 0.29) is 0 Å². The van der Waals surface area contributed by atoms with E-state index in [1.165, 1.54) is 0 Å². The van der Waals surface area contributed by atoms with Gasteiger partial charge in [-0.2, -0.15) is 0 Å². The number of carbonyl (C=O) groups excluding carboxylic acids is 1. The van der Waals surface area contributed by atoms with Gasteiger partial charge in [-0.25, -0.2) is 0 Å². The maximum atomic E-state index is 10.6. The van der Waals surface area contributed by atoms with Crippen LogP contribution in [0.4, 0.5) is 0 Å². The van der Waals surface area contributed by atoms with Gasteiger partial charge in [-0.05, 0) is 5.92 Å².